The molecule has 0 aliphatic carbocycles. The van der Waals surface area contributed by atoms with Crippen LogP contribution in [0.15, 0.2) is 29.7 Å². The van der Waals surface area contributed by atoms with Crippen molar-refractivity contribution in [3.63, 3.8) is 0 Å². The Balaban J connectivity index is 2.65. The summed E-state index contributed by atoms with van der Waals surface area (Å²) >= 11 is 0. The number of aromatic amines is 1. The molecule has 0 fully saturated rings. The molecule has 1 aromatic heterocycles. The number of nitrogens with zero attached hydrogens (tertiary/aromatic N) is 1. The van der Waals surface area contributed by atoms with Crippen LogP contribution >= 0.6 is 0 Å². The highest BCUT2D eigenvalue weighted by molar-refractivity contribution is 5.97. The predicted octanol–water partition coefficient (Wildman–Crippen LogP) is 0.320. The first kappa shape index (κ1) is 11.2. The molecule has 0 aliphatic rings. The molecule has 80 valence electrons. The highest BCUT2D eigenvalue weighted by atomic mass is 16.7. The van der Waals surface area contributed by atoms with Gasteiger partial charge in [0.15, 0.2) is 18.2 Å². The zero-order chi connectivity index (χ0) is 11.3. The molecule has 1 heterocycles. The lowest BCUT2D eigenvalue weighted by atomic mass is 10.2. The zero-order valence-electron chi connectivity index (χ0n) is 8.73. The van der Waals surface area contributed by atoms with E-state index >= 15 is 0 Å². The van der Waals surface area contributed by atoms with E-state index in [9.17, 15) is 4.79 Å². The molecule has 0 amide bonds. The molecule has 5 heteroatoms. The van der Waals surface area contributed by atoms with Gasteiger partial charge in [-0.1, -0.05) is 19.0 Å². The van der Waals surface area contributed by atoms with Crippen LogP contribution in [-0.2, 0) is 9.63 Å². The van der Waals surface area contributed by atoms with Gasteiger partial charge in [-0.2, -0.15) is 0 Å². The molecule has 5 nitrogen and oxygen atoms in total. The van der Waals surface area contributed by atoms with E-state index in [0.717, 1.165) is 0 Å². The number of nitrogens with two attached hydrogens (primary N) is 1. The summed E-state index contributed by atoms with van der Waals surface area (Å²) in [7, 11) is 0. The lowest BCUT2D eigenvalue weighted by Gasteiger charge is -2.01. The van der Waals surface area contributed by atoms with Crippen molar-refractivity contribution in [3.8, 4) is 0 Å². The second-order valence-electron chi connectivity index (χ2n) is 3.33. The van der Waals surface area contributed by atoms with E-state index in [1.807, 2.05) is 0 Å². The molecule has 3 N–H and O–H groups in total. The third-order valence-electron chi connectivity index (χ3n) is 1.72. The van der Waals surface area contributed by atoms with Crippen molar-refractivity contribution in [2.75, 3.05) is 0 Å². The Labute approximate surface area is 87.9 Å². The van der Waals surface area contributed by atoms with E-state index in [1.54, 1.807) is 38.4 Å². The Kier molecular flexibility index (Phi) is 3.79. The van der Waals surface area contributed by atoms with Crippen LogP contribution < -0.4 is 10.7 Å². The summed E-state index contributed by atoms with van der Waals surface area (Å²) in [5, 5.41) is 3.55. The third-order valence-corrected chi connectivity index (χ3v) is 1.72. The number of hydrogen-bond donors (Lipinski definition) is 1. The van der Waals surface area contributed by atoms with Crippen molar-refractivity contribution in [2.24, 2.45) is 16.8 Å². The molecule has 0 spiro atoms. The molecule has 0 radical (unpaired) electrons. The van der Waals surface area contributed by atoms with Crippen molar-refractivity contribution >= 4 is 11.8 Å². The van der Waals surface area contributed by atoms with E-state index < -0.39 is 5.97 Å². The monoisotopic (exact) mass is 208 g/mol. The average Bonchev–Trinajstić information content (AvgIpc) is 2.26. The van der Waals surface area contributed by atoms with Crippen LogP contribution in [0.25, 0.3) is 0 Å². The van der Waals surface area contributed by atoms with Crippen LogP contribution in [0.3, 0.4) is 0 Å². The first-order valence-electron chi connectivity index (χ1n) is 4.62. The minimum atomic E-state index is -0.402. The zero-order valence-corrected chi connectivity index (χ0v) is 8.73. The normalized spacial score (nSPS) is 11.5. The Hall–Kier alpha value is -1.91. The topological polar surface area (TPSA) is 78.8 Å². The molecule has 0 saturated heterocycles. The second kappa shape index (κ2) is 5.09. The van der Waals surface area contributed by atoms with Crippen molar-refractivity contribution in [1.82, 2.24) is 0 Å². The lowest BCUT2D eigenvalue weighted by molar-refractivity contribution is -0.378. The summed E-state index contributed by atoms with van der Waals surface area (Å²) in [6, 6.07) is 3.48. The van der Waals surface area contributed by atoms with Gasteiger partial charge in [0.25, 0.3) is 0 Å². The highest BCUT2D eigenvalue weighted by Crippen LogP contribution is 1.98. The number of amidine groups is 1. The fourth-order valence-corrected chi connectivity index (χ4v) is 0.810. The first-order chi connectivity index (χ1) is 7.11. The van der Waals surface area contributed by atoms with E-state index in [4.69, 9.17) is 5.73 Å². The van der Waals surface area contributed by atoms with Crippen molar-refractivity contribution in [3.05, 3.63) is 30.1 Å². The van der Waals surface area contributed by atoms with Crippen LogP contribution in [0.4, 0.5) is 0 Å². The highest BCUT2D eigenvalue weighted by Gasteiger charge is 2.08. The smallest absolute Gasteiger partial charge is 0.337 e. The van der Waals surface area contributed by atoms with Gasteiger partial charge in [-0.3, -0.25) is 0 Å². The van der Waals surface area contributed by atoms with Gasteiger partial charge in [-0.25, -0.2) is 9.78 Å². The molecule has 1 aromatic rings. The number of rotatable bonds is 3. The van der Waals surface area contributed by atoms with Gasteiger partial charge in [0.05, 0.1) is 5.92 Å². The Morgan fingerprint density at radius 1 is 1.47 bits per heavy atom. The SMILES string of the molecule is CC(C)C(=O)ON=C(N)c1cc[nH+]cc1. The maximum atomic E-state index is 11.1. The second-order valence-corrected chi connectivity index (χ2v) is 3.33. The number of H-pyrrole nitrogens is 1. The first-order valence-corrected chi connectivity index (χ1v) is 4.62. The van der Waals surface area contributed by atoms with E-state index in [-0.39, 0.29) is 11.8 Å². The molecular weight excluding hydrogens is 194 g/mol. The van der Waals surface area contributed by atoms with Crippen LogP contribution in [0, 0.1) is 5.92 Å². The summed E-state index contributed by atoms with van der Waals surface area (Å²) in [4.78, 5) is 18.6. The molecule has 0 aliphatic heterocycles. The predicted molar refractivity (Wildman–Crippen MR) is 54.7 cm³/mol. The van der Waals surface area contributed by atoms with Gasteiger partial charge in [0.1, 0.15) is 0 Å². The van der Waals surface area contributed by atoms with Crippen LogP contribution in [0.1, 0.15) is 19.4 Å². The fourth-order valence-electron chi connectivity index (χ4n) is 0.810. The maximum Gasteiger partial charge on any atom is 0.337 e. The Morgan fingerprint density at radius 2 is 2.07 bits per heavy atom. The van der Waals surface area contributed by atoms with E-state index in [2.05, 4.69) is 15.0 Å². The molecule has 0 aromatic carbocycles. The number of hydrogen-bond acceptors (Lipinski definition) is 3. The van der Waals surface area contributed by atoms with Gasteiger partial charge < -0.3 is 10.6 Å². The quantitative estimate of drug-likeness (QED) is 0.336. The standard InChI is InChI=1S/C10H13N3O2/c1-7(2)10(14)15-13-9(11)8-3-5-12-6-4-8/h3-7H,1-2H3,(H2,11,13)/p+1. The third kappa shape index (κ3) is 3.38. The van der Waals surface area contributed by atoms with Crippen LogP contribution in [0.5, 0.6) is 0 Å². The average molecular weight is 208 g/mol. The van der Waals surface area contributed by atoms with Crippen LogP contribution in [-0.4, -0.2) is 11.8 Å². The van der Waals surface area contributed by atoms with Crippen molar-refractivity contribution in [2.45, 2.75) is 13.8 Å². The lowest BCUT2D eigenvalue weighted by Crippen LogP contribution is -2.17. The molecule has 0 atom stereocenters. The van der Waals surface area contributed by atoms with Gasteiger partial charge in [-0.15, -0.1) is 0 Å². The number of aromatic nitrogens is 1. The number of carbonyl (C=O) groups is 1. The summed E-state index contributed by atoms with van der Waals surface area (Å²) in [6.07, 6.45) is 3.42. The number of carbonyl (C=O) groups excluding carboxylic acids is 1. The van der Waals surface area contributed by atoms with Gasteiger partial charge >= 0.3 is 5.97 Å². The summed E-state index contributed by atoms with van der Waals surface area (Å²) < 4.78 is 0. The number of nitrogens with one attached hydrogen (secondary N) is 1. The molecular formula is C10H14N3O2+. The molecule has 0 unspecified atom stereocenters. The minimum absolute atomic E-state index is 0.179. The summed E-state index contributed by atoms with van der Waals surface area (Å²) in [5.41, 5.74) is 6.30. The maximum absolute atomic E-state index is 11.1. The van der Waals surface area contributed by atoms with Gasteiger partial charge in [-0.05, 0) is 0 Å². The van der Waals surface area contributed by atoms with Crippen molar-refractivity contribution < 1.29 is 14.6 Å². The molecule has 0 saturated carbocycles. The molecule has 15 heavy (non-hydrogen) atoms. The van der Waals surface area contributed by atoms with E-state index in [0.29, 0.717) is 5.56 Å². The number of pyridine rings is 1. The Morgan fingerprint density at radius 3 is 2.60 bits per heavy atom. The molecule has 0 bridgehead atoms. The van der Waals surface area contributed by atoms with Crippen LogP contribution in [0.2, 0.25) is 0 Å². The fraction of sp³-hybridized carbons (Fsp3) is 0.300. The van der Waals surface area contributed by atoms with E-state index in [1.165, 1.54) is 0 Å². The van der Waals surface area contributed by atoms with Gasteiger partial charge in [0.2, 0.25) is 0 Å². The van der Waals surface area contributed by atoms with Crippen molar-refractivity contribution in [1.29, 1.82) is 0 Å². The van der Waals surface area contributed by atoms with Gasteiger partial charge in [0, 0.05) is 17.7 Å². The summed E-state index contributed by atoms with van der Waals surface area (Å²) in [5.74, 6) is -0.441. The Bertz CT molecular complexity index is 360. The summed E-state index contributed by atoms with van der Waals surface area (Å²) in [6.45, 7) is 3.46. The largest absolute Gasteiger partial charge is 0.380 e. The number of oxime groups is 1. The minimum Gasteiger partial charge on any atom is -0.380 e. The molecule has 1 rings (SSSR count).